The van der Waals surface area contributed by atoms with E-state index in [9.17, 15) is 24.9 Å². The molecule has 1 rings (SSSR count). The van der Waals surface area contributed by atoms with E-state index in [4.69, 9.17) is 4.74 Å². The molecule has 188 valence electrons. The van der Waals surface area contributed by atoms with Gasteiger partial charge in [-0.3, -0.25) is 9.69 Å². The first-order chi connectivity index (χ1) is 15.2. The topological polar surface area (TPSA) is 119 Å². The van der Waals surface area contributed by atoms with Gasteiger partial charge in [0.1, 0.15) is 5.60 Å². The average molecular weight is 467 g/mol. The highest BCUT2D eigenvalue weighted by atomic mass is 16.6. The van der Waals surface area contributed by atoms with E-state index in [1.54, 1.807) is 20.8 Å². The molecule has 0 fully saturated rings. The van der Waals surface area contributed by atoms with E-state index in [1.807, 2.05) is 17.9 Å². The molecule has 1 aromatic carbocycles. The molecule has 0 heterocycles. The lowest BCUT2D eigenvalue weighted by Gasteiger charge is -2.31. The van der Waals surface area contributed by atoms with Crippen LogP contribution in [0.2, 0.25) is 0 Å². The lowest BCUT2D eigenvalue weighted by Crippen LogP contribution is -2.42. The van der Waals surface area contributed by atoms with Gasteiger partial charge in [0.2, 0.25) is 0 Å². The molecule has 0 aliphatic carbocycles. The first kappa shape index (κ1) is 28.9. The Balaban J connectivity index is 2.95. The van der Waals surface area contributed by atoms with Crippen molar-refractivity contribution in [3.05, 3.63) is 34.9 Å². The normalized spacial score (nSPS) is 13.1. The number of nitrogens with one attached hydrogen (secondary N) is 1. The molecule has 0 radical (unpaired) electrons. The van der Waals surface area contributed by atoms with Crippen LogP contribution in [0.3, 0.4) is 0 Å². The van der Waals surface area contributed by atoms with E-state index < -0.39 is 23.7 Å². The van der Waals surface area contributed by atoms with Gasteiger partial charge < -0.3 is 25.4 Å². The third-order valence-corrected chi connectivity index (χ3v) is 5.26. The van der Waals surface area contributed by atoms with Crippen LogP contribution in [-0.4, -0.2) is 70.2 Å². The molecule has 1 amide bonds. The van der Waals surface area contributed by atoms with Gasteiger partial charge >= 0.3 is 12.1 Å². The minimum absolute atomic E-state index is 0.0291. The molecule has 0 saturated carbocycles. The number of carbonyl (C=O) groups is 2. The lowest BCUT2D eigenvalue weighted by molar-refractivity contribution is -0.137. The van der Waals surface area contributed by atoms with Gasteiger partial charge in [-0.1, -0.05) is 32.0 Å². The standard InChI is InChI=1S/C25H42N2O6/c1-18-7-8-19(17-27(9-11-28)10-12-29)13-20(18)15-25(5,6)16-21(14-22(30)31)26-23(32)33-24(2,3)4/h7-8,13,21,28-29H,9-12,14-17H2,1-6H3,(H,26,32)(H,30,31)/t21-/m1/s1. The number of hydrogen-bond donors (Lipinski definition) is 4. The number of hydrogen-bond acceptors (Lipinski definition) is 6. The number of nitrogens with zero attached hydrogens (tertiary/aromatic N) is 1. The van der Waals surface area contributed by atoms with E-state index in [0.29, 0.717) is 32.5 Å². The van der Waals surface area contributed by atoms with E-state index in [-0.39, 0.29) is 25.0 Å². The second kappa shape index (κ2) is 12.9. The number of alkyl carbamates (subject to hydrolysis) is 1. The van der Waals surface area contributed by atoms with Crippen LogP contribution in [0.1, 0.15) is 64.2 Å². The maximum Gasteiger partial charge on any atom is 0.407 e. The Kier molecular flexibility index (Phi) is 11.3. The monoisotopic (exact) mass is 466 g/mol. The number of aliphatic hydroxyl groups is 2. The van der Waals surface area contributed by atoms with Crippen molar-refractivity contribution in [1.29, 1.82) is 0 Å². The number of aryl methyl sites for hydroxylation is 1. The third-order valence-electron chi connectivity index (χ3n) is 5.26. The molecule has 33 heavy (non-hydrogen) atoms. The van der Waals surface area contributed by atoms with Crippen LogP contribution in [0.15, 0.2) is 18.2 Å². The highest BCUT2D eigenvalue weighted by Gasteiger charge is 2.28. The molecular weight excluding hydrogens is 424 g/mol. The number of ether oxygens (including phenoxy) is 1. The highest BCUT2D eigenvalue weighted by Crippen LogP contribution is 2.30. The van der Waals surface area contributed by atoms with Gasteiger partial charge in [-0.15, -0.1) is 0 Å². The second-order valence-electron chi connectivity index (χ2n) is 10.5. The Morgan fingerprint density at radius 1 is 1.09 bits per heavy atom. The van der Waals surface area contributed by atoms with Crippen LogP contribution < -0.4 is 5.32 Å². The molecule has 0 aliphatic heterocycles. The van der Waals surface area contributed by atoms with Gasteiger partial charge in [-0.25, -0.2) is 4.79 Å². The molecule has 0 aromatic heterocycles. The molecule has 8 heteroatoms. The van der Waals surface area contributed by atoms with Crippen LogP contribution in [0, 0.1) is 12.3 Å². The Labute approximate surface area is 197 Å². The van der Waals surface area contributed by atoms with Gasteiger partial charge in [0.15, 0.2) is 0 Å². The quantitative estimate of drug-likeness (QED) is 0.353. The molecule has 1 aromatic rings. The first-order valence-electron chi connectivity index (χ1n) is 11.5. The van der Waals surface area contributed by atoms with Crippen molar-refractivity contribution < 1.29 is 29.6 Å². The summed E-state index contributed by atoms with van der Waals surface area (Å²) in [5.74, 6) is -0.974. The average Bonchev–Trinajstić information content (AvgIpc) is 2.62. The fourth-order valence-corrected chi connectivity index (χ4v) is 3.94. The van der Waals surface area contributed by atoms with Crippen molar-refractivity contribution >= 4 is 12.1 Å². The molecular formula is C25H42N2O6. The minimum atomic E-state index is -0.974. The summed E-state index contributed by atoms with van der Waals surface area (Å²) in [6, 6.07) is 5.68. The summed E-state index contributed by atoms with van der Waals surface area (Å²) in [6.45, 7) is 13.1. The van der Waals surface area contributed by atoms with Crippen molar-refractivity contribution in [2.45, 2.75) is 79.0 Å². The number of carboxylic acid groups (broad SMARTS) is 1. The maximum atomic E-state index is 12.2. The van der Waals surface area contributed by atoms with E-state index in [1.165, 1.54) is 0 Å². The molecule has 0 saturated heterocycles. The van der Waals surface area contributed by atoms with Crippen molar-refractivity contribution in [2.24, 2.45) is 5.41 Å². The Morgan fingerprint density at radius 2 is 1.70 bits per heavy atom. The highest BCUT2D eigenvalue weighted by molar-refractivity contribution is 5.71. The number of carbonyl (C=O) groups excluding carboxylic acids is 1. The van der Waals surface area contributed by atoms with Crippen molar-refractivity contribution in [2.75, 3.05) is 26.3 Å². The van der Waals surface area contributed by atoms with Crippen LogP contribution in [0.25, 0.3) is 0 Å². The molecule has 1 atom stereocenters. The zero-order valence-corrected chi connectivity index (χ0v) is 21.0. The number of amides is 1. The van der Waals surface area contributed by atoms with Crippen LogP contribution in [0.5, 0.6) is 0 Å². The summed E-state index contributed by atoms with van der Waals surface area (Å²) in [4.78, 5) is 25.6. The molecule has 8 nitrogen and oxygen atoms in total. The van der Waals surface area contributed by atoms with Gasteiger partial charge in [-0.2, -0.15) is 0 Å². The van der Waals surface area contributed by atoms with E-state index >= 15 is 0 Å². The Bertz CT molecular complexity index is 767. The summed E-state index contributed by atoms with van der Waals surface area (Å²) < 4.78 is 5.31. The summed E-state index contributed by atoms with van der Waals surface area (Å²) in [7, 11) is 0. The zero-order valence-electron chi connectivity index (χ0n) is 21.0. The van der Waals surface area contributed by atoms with Gasteiger partial charge in [-0.05, 0) is 62.6 Å². The van der Waals surface area contributed by atoms with Gasteiger partial charge in [0, 0.05) is 25.7 Å². The molecule has 4 N–H and O–H groups in total. The summed E-state index contributed by atoms with van der Waals surface area (Å²) in [6.07, 6.45) is 0.386. The summed E-state index contributed by atoms with van der Waals surface area (Å²) >= 11 is 0. The van der Waals surface area contributed by atoms with Crippen LogP contribution in [-0.2, 0) is 22.5 Å². The zero-order chi connectivity index (χ0) is 25.2. The predicted molar refractivity (Wildman–Crippen MR) is 128 cm³/mol. The van der Waals surface area contributed by atoms with Gasteiger partial charge in [0.25, 0.3) is 0 Å². The van der Waals surface area contributed by atoms with Crippen molar-refractivity contribution in [1.82, 2.24) is 10.2 Å². The van der Waals surface area contributed by atoms with E-state index in [2.05, 4.69) is 31.3 Å². The molecule has 0 unspecified atom stereocenters. The van der Waals surface area contributed by atoms with Crippen LogP contribution in [0.4, 0.5) is 4.79 Å². The SMILES string of the molecule is Cc1ccc(CN(CCO)CCO)cc1CC(C)(C)C[C@@H](CC(=O)O)NC(=O)OC(C)(C)C. The summed E-state index contributed by atoms with van der Waals surface area (Å²) in [5, 5.41) is 30.6. The molecule has 0 bridgehead atoms. The Morgan fingerprint density at radius 3 is 2.21 bits per heavy atom. The number of benzene rings is 1. The number of aliphatic hydroxyl groups excluding tert-OH is 2. The van der Waals surface area contributed by atoms with Crippen molar-refractivity contribution in [3.63, 3.8) is 0 Å². The summed E-state index contributed by atoms with van der Waals surface area (Å²) in [5.41, 5.74) is 2.43. The fraction of sp³-hybridized carbons (Fsp3) is 0.680. The maximum absolute atomic E-state index is 12.2. The number of aliphatic carboxylic acids is 1. The molecule has 0 spiro atoms. The lowest BCUT2D eigenvalue weighted by atomic mass is 9.78. The predicted octanol–water partition coefficient (Wildman–Crippen LogP) is 3.11. The minimum Gasteiger partial charge on any atom is -0.481 e. The van der Waals surface area contributed by atoms with Crippen LogP contribution >= 0.6 is 0 Å². The third kappa shape index (κ3) is 12.0. The van der Waals surface area contributed by atoms with Crippen molar-refractivity contribution in [3.8, 4) is 0 Å². The second-order valence-corrected chi connectivity index (χ2v) is 10.5. The van der Waals surface area contributed by atoms with E-state index in [0.717, 1.165) is 16.7 Å². The number of carboxylic acids is 1. The molecule has 0 aliphatic rings. The first-order valence-corrected chi connectivity index (χ1v) is 11.5. The fourth-order valence-electron chi connectivity index (χ4n) is 3.94. The Hall–Kier alpha value is -2.16. The number of rotatable bonds is 13. The largest absolute Gasteiger partial charge is 0.481 e. The smallest absolute Gasteiger partial charge is 0.407 e. The van der Waals surface area contributed by atoms with Gasteiger partial charge in [0.05, 0.1) is 19.6 Å².